The van der Waals surface area contributed by atoms with Crippen molar-refractivity contribution in [2.45, 2.75) is 6.92 Å². The largest absolute Gasteiger partial charge is 0.279 e. The predicted molar refractivity (Wildman–Crippen MR) is 52.8 cm³/mol. The van der Waals surface area contributed by atoms with Gasteiger partial charge in [0.15, 0.2) is 0 Å². The van der Waals surface area contributed by atoms with E-state index in [1.807, 2.05) is 43.3 Å². The summed E-state index contributed by atoms with van der Waals surface area (Å²) in [6.45, 7) is 5.33. The summed E-state index contributed by atoms with van der Waals surface area (Å²) in [5.41, 5.74) is 4.92. The highest BCUT2D eigenvalue weighted by Gasteiger charge is 1.95. The standard InChI is InChI=1S/C10H12N2/c1-3-10(12-11-2)9-7-5-4-6-8-9/h3-8,12H,2H2,1H3/b10-3-. The van der Waals surface area contributed by atoms with E-state index in [1.165, 1.54) is 0 Å². The van der Waals surface area contributed by atoms with Gasteiger partial charge in [0, 0.05) is 6.72 Å². The van der Waals surface area contributed by atoms with Gasteiger partial charge in [-0.05, 0) is 12.5 Å². The van der Waals surface area contributed by atoms with Gasteiger partial charge in [0.2, 0.25) is 0 Å². The molecular formula is C10H12N2. The third-order valence-corrected chi connectivity index (χ3v) is 1.57. The molecule has 0 aliphatic rings. The van der Waals surface area contributed by atoms with Crippen molar-refractivity contribution in [3.63, 3.8) is 0 Å². The molecule has 12 heavy (non-hydrogen) atoms. The van der Waals surface area contributed by atoms with Crippen molar-refractivity contribution in [3.8, 4) is 0 Å². The Morgan fingerprint density at radius 1 is 1.42 bits per heavy atom. The summed E-state index contributed by atoms with van der Waals surface area (Å²) in [7, 11) is 0. The van der Waals surface area contributed by atoms with Gasteiger partial charge in [-0.3, -0.25) is 5.43 Å². The molecule has 2 nitrogen and oxygen atoms in total. The zero-order valence-electron chi connectivity index (χ0n) is 7.12. The Balaban J connectivity index is 2.88. The van der Waals surface area contributed by atoms with Crippen LogP contribution in [0.4, 0.5) is 0 Å². The van der Waals surface area contributed by atoms with Gasteiger partial charge in [-0.25, -0.2) is 0 Å². The molecule has 0 bridgehead atoms. The summed E-state index contributed by atoms with van der Waals surface area (Å²) in [4.78, 5) is 0. The number of benzene rings is 1. The van der Waals surface area contributed by atoms with E-state index in [-0.39, 0.29) is 0 Å². The van der Waals surface area contributed by atoms with Crippen LogP contribution >= 0.6 is 0 Å². The molecule has 1 N–H and O–H groups in total. The number of hydrogen-bond donors (Lipinski definition) is 1. The van der Waals surface area contributed by atoms with Crippen LogP contribution in [0.3, 0.4) is 0 Å². The van der Waals surface area contributed by atoms with Crippen LogP contribution in [-0.2, 0) is 0 Å². The zero-order chi connectivity index (χ0) is 8.81. The average molecular weight is 160 g/mol. The maximum Gasteiger partial charge on any atom is 0.0591 e. The number of nitrogens with zero attached hydrogens (tertiary/aromatic N) is 1. The molecule has 0 amide bonds. The minimum atomic E-state index is 0.977. The molecule has 0 aliphatic heterocycles. The topological polar surface area (TPSA) is 24.4 Å². The normalized spacial score (nSPS) is 10.9. The first-order chi connectivity index (χ1) is 5.88. The first kappa shape index (κ1) is 8.53. The molecule has 0 aliphatic carbocycles. The van der Waals surface area contributed by atoms with E-state index in [1.54, 1.807) is 0 Å². The zero-order valence-corrected chi connectivity index (χ0v) is 7.12. The minimum Gasteiger partial charge on any atom is -0.279 e. The summed E-state index contributed by atoms with van der Waals surface area (Å²) >= 11 is 0. The van der Waals surface area contributed by atoms with Crippen LogP contribution in [0.15, 0.2) is 41.5 Å². The van der Waals surface area contributed by atoms with E-state index in [4.69, 9.17) is 0 Å². The van der Waals surface area contributed by atoms with Gasteiger partial charge in [0.1, 0.15) is 0 Å². The molecule has 0 unspecified atom stereocenters. The van der Waals surface area contributed by atoms with Crippen LogP contribution in [-0.4, -0.2) is 6.72 Å². The van der Waals surface area contributed by atoms with Gasteiger partial charge in [0.05, 0.1) is 5.70 Å². The molecular weight excluding hydrogens is 148 g/mol. The van der Waals surface area contributed by atoms with Crippen molar-refractivity contribution in [1.82, 2.24) is 5.43 Å². The third kappa shape index (κ3) is 1.95. The van der Waals surface area contributed by atoms with Crippen LogP contribution in [0, 0.1) is 0 Å². The van der Waals surface area contributed by atoms with Gasteiger partial charge in [-0.15, -0.1) is 0 Å². The van der Waals surface area contributed by atoms with Crippen LogP contribution in [0.5, 0.6) is 0 Å². The minimum absolute atomic E-state index is 0.977. The molecule has 62 valence electrons. The number of hydrazone groups is 1. The molecule has 0 radical (unpaired) electrons. The number of allylic oxidation sites excluding steroid dienone is 1. The third-order valence-electron chi connectivity index (χ3n) is 1.57. The van der Waals surface area contributed by atoms with Gasteiger partial charge in [-0.1, -0.05) is 36.4 Å². The van der Waals surface area contributed by atoms with Crippen LogP contribution < -0.4 is 5.43 Å². The lowest BCUT2D eigenvalue weighted by Crippen LogP contribution is -2.02. The average Bonchev–Trinajstić information content (AvgIpc) is 2.15. The number of rotatable bonds is 3. The molecule has 0 saturated carbocycles. The van der Waals surface area contributed by atoms with Gasteiger partial charge < -0.3 is 0 Å². The number of nitrogens with one attached hydrogen (secondary N) is 1. The Bertz CT molecular complexity index is 275. The molecule has 2 heteroatoms. The lowest BCUT2D eigenvalue weighted by atomic mass is 10.1. The van der Waals surface area contributed by atoms with E-state index >= 15 is 0 Å². The highest BCUT2D eigenvalue weighted by molar-refractivity contribution is 5.63. The van der Waals surface area contributed by atoms with E-state index in [0.717, 1.165) is 11.3 Å². The maximum absolute atomic E-state index is 3.61. The van der Waals surface area contributed by atoms with E-state index in [0.29, 0.717) is 0 Å². The van der Waals surface area contributed by atoms with Crippen LogP contribution in [0.2, 0.25) is 0 Å². The van der Waals surface area contributed by atoms with Crippen molar-refractivity contribution in [1.29, 1.82) is 0 Å². The fourth-order valence-corrected chi connectivity index (χ4v) is 0.999. The highest BCUT2D eigenvalue weighted by atomic mass is 15.3. The van der Waals surface area contributed by atoms with E-state index in [2.05, 4.69) is 17.2 Å². The van der Waals surface area contributed by atoms with Crippen molar-refractivity contribution in [3.05, 3.63) is 42.0 Å². The molecule has 1 aromatic rings. The lowest BCUT2D eigenvalue weighted by Gasteiger charge is -2.04. The molecule has 1 rings (SSSR count). The molecule has 0 spiro atoms. The first-order valence-electron chi connectivity index (χ1n) is 3.82. The SMILES string of the molecule is C=NN/C(=C\C)c1ccccc1. The fraction of sp³-hybridized carbons (Fsp3) is 0.100. The second kappa shape index (κ2) is 4.34. The van der Waals surface area contributed by atoms with Crippen molar-refractivity contribution in [2.24, 2.45) is 5.10 Å². The quantitative estimate of drug-likeness (QED) is 0.532. The van der Waals surface area contributed by atoms with E-state index < -0.39 is 0 Å². The summed E-state index contributed by atoms with van der Waals surface area (Å²) < 4.78 is 0. The highest BCUT2D eigenvalue weighted by Crippen LogP contribution is 2.09. The Hall–Kier alpha value is -1.57. The monoisotopic (exact) mass is 160 g/mol. The summed E-state index contributed by atoms with van der Waals surface area (Å²) in [6.07, 6.45) is 1.96. The number of hydrogen-bond acceptors (Lipinski definition) is 2. The lowest BCUT2D eigenvalue weighted by molar-refractivity contribution is 1.00. The second-order valence-corrected chi connectivity index (χ2v) is 2.34. The second-order valence-electron chi connectivity index (χ2n) is 2.34. The molecule has 1 aromatic carbocycles. The summed E-state index contributed by atoms with van der Waals surface area (Å²) in [6, 6.07) is 10.0. The summed E-state index contributed by atoms with van der Waals surface area (Å²) in [5, 5.41) is 3.61. The maximum atomic E-state index is 3.61. The fourth-order valence-electron chi connectivity index (χ4n) is 0.999. The Labute approximate surface area is 72.6 Å². The Morgan fingerprint density at radius 3 is 2.58 bits per heavy atom. The van der Waals surface area contributed by atoms with Crippen molar-refractivity contribution < 1.29 is 0 Å². The molecule has 0 saturated heterocycles. The predicted octanol–water partition coefficient (Wildman–Crippen LogP) is 2.25. The van der Waals surface area contributed by atoms with Crippen LogP contribution in [0.25, 0.3) is 5.70 Å². The molecule has 0 heterocycles. The van der Waals surface area contributed by atoms with E-state index in [9.17, 15) is 0 Å². The first-order valence-corrected chi connectivity index (χ1v) is 3.82. The van der Waals surface area contributed by atoms with Crippen molar-refractivity contribution in [2.75, 3.05) is 0 Å². The van der Waals surface area contributed by atoms with Gasteiger partial charge in [0.25, 0.3) is 0 Å². The summed E-state index contributed by atoms with van der Waals surface area (Å²) in [5.74, 6) is 0. The molecule has 0 fully saturated rings. The smallest absolute Gasteiger partial charge is 0.0591 e. The molecule has 0 aromatic heterocycles. The van der Waals surface area contributed by atoms with Crippen molar-refractivity contribution >= 4 is 12.4 Å². The Kier molecular flexibility index (Phi) is 3.08. The van der Waals surface area contributed by atoms with Gasteiger partial charge >= 0.3 is 0 Å². The van der Waals surface area contributed by atoms with Crippen LogP contribution in [0.1, 0.15) is 12.5 Å². The Morgan fingerprint density at radius 2 is 2.08 bits per heavy atom. The van der Waals surface area contributed by atoms with Gasteiger partial charge in [-0.2, -0.15) is 5.10 Å². The molecule has 0 atom stereocenters.